The van der Waals surface area contributed by atoms with Crippen LogP contribution in [-0.2, 0) is 4.74 Å². The fourth-order valence-electron chi connectivity index (χ4n) is 6.01. The molecule has 36 heavy (non-hydrogen) atoms. The van der Waals surface area contributed by atoms with Gasteiger partial charge in [-0.1, -0.05) is 0 Å². The van der Waals surface area contributed by atoms with Gasteiger partial charge in [-0.25, -0.2) is 22.0 Å². The molecule has 0 amide bonds. The van der Waals surface area contributed by atoms with Gasteiger partial charge in [0.25, 0.3) is 5.92 Å². The van der Waals surface area contributed by atoms with Crippen LogP contribution in [-0.4, -0.2) is 59.9 Å². The van der Waals surface area contributed by atoms with Gasteiger partial charge in [0.15, 0.2) is 17.5 Å². The standard InChI is InChI=1S/C26H29F5N4O/c27-17-7-20(24(29)22(28)8-17)23-9-19(21-10-26(21,30)31)25(34-33-23)32-18-5-15-12-35(13-16(15)6-18)11-14-1-3-36-4-2-14/h7-9,14-16,18,21H,1-6,10-13H2,(H,32,34)/t15-,16+,18?,21?/i11D2. The van der Waals surface area contributed by atoms with Crippen molar-refractivity contribution in [1.29, 1.82) is 0 Å². The van der Waals surface area contributed by atoms with Crippen molar-refractivity contribution < 1.29 is 29.4 Å². The number of nitrogens with zero attached hydrogens (tertiary/aromatic N) is 3. The smallest absolute Gasteiger partial charge is 0.256 e. The maximum atomic E-state index is 14.4. The van der Waals surface area contributed by atoms with Crippen molar-refractivity contribution in [3.8, 4) is 11.3 Å². The Morgan fingerprint density at radius 1 is 1.06 bits per heavy atom. The number of anilines is 1. The highest BCUT2D eigenvalue weighted by molar-refractivity contribution is 5.64. The van der Waals surface area contributed by atoms with Crippen LogP contribution in [0, 0.1) is 35.2 Å². The minimum Gasteiger partial charge on any atom is -0.381 e. The topological polar surface area (TPSA) is 50.3 Å². The molecule has 2 aliphatic carbocycles. The zero-order valence-electron chi connectivity index (χ0n) is 21.6. The van der Waals surface area contributed by atoms with Crippen LogP contribution in [0.3, 0.4) is 0 Å². The summed E-state index contributed by atoms with van der Waals surface area (Å²) in [6.45, 7) is 1.04. The number of benzene rings is 1. The monoisotopic (exact) mass is 510 g/mol. The van der Waals surface area contributed by atoms with Crippen molar-refractivity contribution in [2.75, 3.05) is 38.1 Å². The van der Waals surface area contributed by atoms with E-state index in [4.69, 9.17) is 7.48 Å². The quantitative estimate of drug-likeness (QED) is 0.426. The highest BCUT2D eigenvalue weighted by Crippen LogP contribution is 2.57. The molecule has 0 radical (unpaired) electrons. The third-order valence-corrected chi connectivity index (χ3v) is 7.97. The van der Waals surface area contributed by atoms with E-state index in [0.717, 1.165) is 18.9 Å². The van der Waals surface area contributed by atoms with Gasteiger partial charge >= 0.3 is 0 Å². The van der Waals surface area contributed by atoms with Gasteiger partial charge in [0.2, 0.25) is 0 Å². The Balaban J connectivity index is 1.18. The Morgan fingerprint density at radius 3 is 2.42 bits per heavy atom. The van der Waals surface area contributed by atoms with E-state index in [1.165, 1.54) is 6.07 Å². The number of likely N-dealkylation sites (tertiary alicyclic amines) is 1. The molecule has 10 heteroatoms. The lowest BCUT2D eigenvalue weighted by atomic mass is 10.00. The largest absolute Gasteiger partial charge is 0.381 e. The first-order valence-corrected chi connectivity index (χ1v) is 12.5. The molecule has 4 atom stereocenters. The number of halogens is 5. The zero-order valence-corrected chi connectivity index (χ0v) is 19.6. The maximum Gasteiger partial charge on any atom is 0.256 e. The summed E-state index contributed by atoms with van der Waals surface area (Å²) >= 11 is 0. The van der Waals surface area contributed by atoms with Gasteiger partial charge in [-0.3, -0.25) is 0 Å². The Kier molecular flexibility index (Phi) is 5.55. The maximum absolute atomic E-state index is 14.4. The number of aromatic nitrogens is 2. The third-order valence-electron chi connectivity index (χ3n) is 7.97. The van der Waals surface area contributed by atoms with E-state index in [-0.39, 0.29) is 47.3 Å². The number of fused-ring (bicyclic) bond motifs is 1. The van der Waals surface area contributed by atoms with Gasteiger partial charge in [0.05, 0.1) is 11.6 Å². The van der Waals surface area contributed by atoms with Gasteiger partial charge < -0.3 is 15.0 Å². The Labute approximate surface area is 209 Å². The van der Waals surface area contributed by atoms with Gasteiger partial charge in [-0.05, 0) is 55.6 Å². The highest BCUT2D eigenvalue weighted by Gasteiger charge is 2.59. The second kappa shape index (κ2) is 9.20. The summed E-state index contributed by atoms with van der Waals surface area (Å²) in [6, 6.07) is 2.37. The Bertz CT molecular complexity index is 1210. The van der Waals surface area contributed by atoms with Crippen molar-refractivity contribution in [1.82, 2.24) is 15.1 Å². The molecule has 4 fully saturated rings. The Hall–Kier alpha value is -2.33. The number of hydrogen-bond acceptors (Lipinski definition) is 5. The average molecular weight is 511 g/mol. The van der Waals surface area contributed by atoms with E-state index in [9.17, 15) is 22.0 Å². The summed E-state index contributed by atoms with van der Waals surface area (Å²) in [5.41, 5.74) is -0.530. The summed E-state index contributed by atoms with van der Waals surface area (Å²) < 4.78 is 92.9. The first kappa shape index (κ1) is 21.7. The van der Waals surface area contributed by atoms with E-state index in [0.29, 0.717) is 45.2 Å². The highest BCUT2D eigenvalue weighted by atomic mass is 19.3. The van der Waals surface area contributed by atoms with Crippen molar-refractivity contribution in [3.05, 3.63) is 41.2 Å². The van der Waals surface area contributed by atoms with Crippen LogP contribution in [0.2, 0.25) is 0 Å². The molecule has 1 aromatic carbocycles. The molecule has 2 saturated carbocycles. The summed E-state index contributed by atoms with van der Waals surface area (Å²) in [5, 5.41) is 11.2. The molecule has 194 valence electrons. The molecule has 1 aromatic heterocycles. The Morgan fingerprint density at radius 2 is 1.75 bits per heavy atom. The van der Waals surface area contributed by atoms with Crippen molar-refractivity contribution in [2.24, 2.45) is 17.8 Å². The molecule has 5 nitrogen and oxygen atoms in total. The zero-order chi connectivity index (χ0) is 26.8. The predicted octanol–water partition coefficient (Wildman–Crippen LogP) is 5.23. The number of nitrogens with one attached hydrogen (secondary N) is 1. The molecule has 0 bridgehead atoms. The second-order valence-electron chi connectivity index (χ2n) is 10.6. The van der Waals surface area contributed by atoms with Gasteiger partial charge in [-0.15, -0.1) is 10.2 Å². The first-order chi connectivity index (χ1) is 18.0. The van der Waals surface area contributed by atoms with Gasteiger partial charge in [0.1, 0.15) is 5.82 Å². The van der Waals surface area contributed by atoms with E-state index in [1.54, 1.807) is 0 Å². The first-order valence-electron chi connectivity index (χ1n) is 13.5. The minimum absolute atomic E-state index is 0.0584. The van der Waals surface area contributed by atoms with Crippen LogP contribution in [0.5, 0.6) is 0 Å². The SMILES string of the molecule is [2H]C([2H])(C1CCOCC1)N1C[C@H]2CC(Nc3nnc(-c4cc(F)cc(F)c4F)cc3C3CC3(F)F)C[C@H]2C1. The molecular weight excluding hydrogens is 479 g/mol. The number of rotatable bonds is 6. The van der Waals surface area contributed by atoms with Gasteiger partial charge in [0, 0.05) is 65.2 Å². The normalized spacial score (nSPS) is 31.1. The van der Waals surface area contributed by atoms with Crippen LogP contribution in [0.15, 0.2) is 18.2 Å². The van der Waals surface area contributed by atoms with Crippen molar-refractivity contribution in [2.45, 2.75) is 50.0 Å². The number of hydrogen-bond donors (Lipinski definition) is 1. The van der Waals surface area contributed by atoms with E-state index >= 15 is 0 Å². The fourth-order valence-corrected chi connectivity index (χ4v) is 6.01. The van der Waals surface area contributed by atoms with E-state index in [1.807, 2.05) is 4.90 Å². The van der Waals surface area contributed by atoms with E-state index < -0.39 is 41.4 Å². The van der Waals surface area contributed by atoms with Crippen LogP contribution < -0.4 is 5.32 Å². The molecule has 4 aliphatic rings. The summed E-state index contributed by atoms with van der Waals surface area (Å²) in [6.07, 6.45) is 2.49. The number of alkyl halides is 2. The molecule has 6 rings (SSSR count). The molecular formula is C26H29F5N4O. The van der Waals surface area contributed by atoms with Crippen molar-refractivity contribution in [3.63, 3.8) is 0 Å². The fraction of sp³-hybridized carbons (Fsp3) is 0.615. The molecule has 2 saturated heterocycles. The molecule has 1 N–H and O–H groups in total. The lowest BCUT2D eigenvalue weighted by Crippen LogP contribution is -2.32. The van der Waals surface area contributed by atoms with Crippen LogP contribution in [0.1, 0.15) is 46.3 Å². The van der Waals surface area contributed by atoms with Gasteiger partial charge in [-0.2, -0.15) is 0 Å². The average Bonchev–Trinajstić information content (AvgIpc) is 3.15. The summed E-state index contributed by atoms with van der Waals surface area (Å²) in [4.78, 5) is 1.95. The molecule has 2 unspecified atom stereocenters. The number of ether oxygens (including phenoxy) is 1. The minimum atomic E-state index is -2.94. The molecule has 2 aliphatic heterocycles. The molecule has 0 spiro atoms. The third kappa shape index (κ3) is 4.69. The summed E-state index contributed by atoms with van der Waals surface area (Å²) in [7, 11) is 0. The molecule has 2 aromatic rings. The van der Waals surface area contributed by atoms with Crippen LogP contribution in [0.25, 0.3) is 11.3 Å². The van der Waals surface area contributed by atoms with E-state index in [2.05, 4.69) is 15.5 Å². The second-order valence-corrected chi connectivity index (χ2v) is 10.6. The predicted molar refractivity (Wildman–Crippen MR) is 123 cm³/mol. The van der Waals surface area contributed by atoms with Crippen molar-refractivity contribution >= 4 is 5.82 Å². The summed E-state index contributed by atoms with van der Waals surface area (Å²) in [5.74, 6) is -7.14. The van der Waals surface area contributed by atoms with Crippen LogP contribution >= 0.6 is 0 Å². The lowest BCUT2D eigenvalue weighted by Gasteiger charge is -2.28. The molecule has 3 heterocycles. The lowest BCUT2D eigenvalue weighted by molar-refractivity contribution is 0.0545. The van der Waals surface area contributed by atoms with Crippen LogP contribution in [0.4, 0.5) is 27.8 Å².